The van der Waals surface area contributed by atoms with Crippen LogP contribution in [0.15, 0.2) is 16.6 Å². The average Bonchev–Trinajstić information content (AvgIpc) is 2.37. The van der Waals surface area contributed by atoms with Gasteiger partial charge >= 0.3 is 0 Å². The van der Waals surface area contributed by atoms with Gasteiger partial charge in [-0.05, 0) is 53.7 Å². The highest BCUT2D eigenvalue weighted by atomic mass is 79.9. The normalized spacial score (nSPS) is 21.6. The summed E-state index contributed by atoms with van der Waals surface area (Å²) in [5.41, 5.74) is -0.148. The van der Waals surface area contributed by atoms with Crippen molar-refractivity contribution in [3.05, 3.63) is 33.8 Å². The van der Waals surface area contributed by atoms with Crippen molar-refractivity contribution < 1.29 is 18.3 Å². The Morgan fingerprint density at radius 1 is 1.40 bits per heavy atom. The molecule has 2 rings (SSSR count). The van der Waals surface area contributed by atoms with E-state index in [0.29, 0.717) is 13.0 Å². The molecule has 0 heterocycles. The molecule has 5 heteroatoms. The molecule has 1 fully saturated rings. The van der Waals surface area contributed by atoms with Crippen LogP contribution in [0.3, 0.4) is 0 Å². The first-order chi connectivity index (χ1) is 9.51. The molecule has 0 amide bonds. The van der Waals surface area contributed by atoms with Crippen molar-refractivity contribution in [3.63, 3.8) is 0 Å². The Labute approximate surface area is 125 Å². The summed E-state index contributed by atoms with van der Waals surface area (Å²) in [6.45, 7) is 2.62. The molecule has 110 valence electrons. The van der Waals surface area contributed by atoms with E-state index in [4.69, 9.17) is 4.74 Å². The Bertz CT molecular complexity index is 499. The van der Waals surface area contributed by atoms with Gasteiger partial charge in [-0.15, -0.1) is 0 Å². The molecule has 0 aliphatic heterocycles. The standard InChI is InChI=1S/C15H17BrF2O2/c1-2-20-11-6-9(7-11)5-10(19)8-12-14(17)4-3-13(16)15(12)18/h3-4,9,11H,2,5-8H2,1H3. The fourth-order valence-corrected chi connectivity index (χ4v) is 2.91. The fraction of sp³-hybridized carbons (Fsp3) is 0.533. The van der Waals surface area contributed by atoms with Gasteiger partial charge in [0.1, 0.15) is 17.4 Å². The first-order valence-electron chi connectivity index (χ1n) is 6.77. The summed E-state index contributed by atoms with van der Waals surface area (Å²) in [5, 5.41) is 0. The van der Waals surface area contributed by atoms with Crippen molar-refractivity contribution in [2.45, 2.75) is 38.7 Å². The van der Waals surface area contributed by atoms with E-state index in [9.17, 15) is 13.6 Å². The minimum Gasteiger partial charge on any atom is -0.378 e. The molecule has 1 aliphatic rings. The van der Waals surface area contributed by atoms with Gasteiger partial charge in [-0.2, -0.15) is 0 Å². The minimum atomic E-state index is -0.681. The molecule has 0 atom stereocenters. The van der Waals surface area contributed by atoms with Crippen LogP contribution in [0, 0.1) is 17.6 Å². The number of ether oxygens (including phenoxy) is 1. The highest BCUT2D eigenvalue weighted by Gasteiger charge is 2.31. The van der Waals surface area contributed by atoms with Gasteiger partial charge in [-0.1, -0.05) is 0 Å². The largest absolute Gasteiger partial charge is 0.378 e. The minimum absolute atomic E-state index is 0.124. The lowest BCUT2D eigenvalue weighted by Gasteiger charge is -2.34. The van der Waals surface area contributed by atoms with Crippen LogP contribution in [-0.4, -0.2) is 18.5 Å². The highest BCUT2D eigenvalue weighted by molar-refractivity contribution is 9.10. The lowest BCUT2D eigenvalue weighted by Crippen LogP contribution is -2.33. The topological polar surface area (TPSA) is 26.3 Å². The van der Waals surface area contributed by atoms with Crippen molar-refractivity contribution in [2.24, 2.45) is 5.92 Å². The molecule has 2 nitrogen and oxygen atoms in total. The Morgan fingerprint density at radius 2 is 2.10 bits per heavy atom. The molecule has 0 bridgehead atoms. The summed E-state index contributed by atoms with van der Waals surface area (Å²) in [5.74, 6) is -1.18. The number of carbonyl (C=O) groups is 1. The summed E-state index contributed by atoms with van der Waals surface area (Å²) in [6, 6.07) is 2.47. The zero-order chi connectivity index (χ0) is 14.7. The average molecular weight is 347 g/mol. The predicted octanol–water partition coefficient (Wildman–Crippen LogP) is 4.04. The van der Waals surface area contributed by atoms with Gasteiger partial charge in [0, 0.05) is 25.0 Å². The molecule has 0 radical (unpaired) electrons. The van der Waals surface area contributed by atoms with Gasteiger partial charge in [-0.3, -0.25) is 4.79 Å². The van der Waals surface area contributed by atoms with Gasteiger partial charge in [0.2, 0.25) is 0 Å². The van der Waals surface area contributed by atoms with Crippen LogP contribution in [0.5, 0.6) is 0 Å². The summed E-state index contributed by atoms with van der Waals surface area (Å²) in [7, 11) is 0. The van der Waals surface area contributed by atoms with Crippen LogP contribution in [-0.2, 0) is 16.0 Å². The predicted molar refractivity (Wildman–Crippen MR) is 75.5 cm³/mol. The maximum atomic E-state index is 13.8. The smallest absolute Gasteiger partial charge is 0.143 e. The van der Waals surface area contributed by atoms with Crippen molar-refractivity contribution in [2.75, 3.05) is 6.61 Å². The zero-order valence-electron chi connectivity index (χ0n) is 11.3. The van der Waals surface area contributed by atoms with Crippen LogP contribution < -0.4 is 0 Å². The van der Waals surface area contributed by atoms with E-state index in [1.165, 1.54) is 12.1 Å². The van der Waals surface area contributed by atoms with Crippen molar-refractivity contribution in [1.82, 2.24) is 0 Å². The third kappa shape index (κ3) is 3.64. The van der Waals surface area contributed by atoms with Gasteiger partial charge in [-0.25, -0.2) is 8.78 Å². The summed E-state index contributed by atoms with van der Waals surface area (Å²) >= 11 is 3.00. The number of hydrogen-bond donors (Lipinski definition) is 0. The van der Waals surface area contributed by atoms with Crippen LogP contribution in [0.25, 0.3) is 0 Å². The molecular formula is C15H17BrF2O2. The van der Waals surface area contributed by atoms with E-state index in [1.807, 2.05) is 6.92 Å². The number of Topliss-reactive ketones (excluding diaryl/α,β-unsaturated/α-hetero) is 1. The molecule has 0 saturated heterocycles. The Balaban J connectivity index is 1.88. The SMILES string of the molecule is CCOC1CC(CC(=O)Cc2c(F)ccc(Br)c2F)C1. The van der Waals surface area contributed by atoms with E-state index in [2.05, 4.69) is 15.9 Å². The van der Waals surface area contributed by atoms with Gasteiger partial charge in [0.05, 0.1) is 10.6 Å². The van der Waals surface area contributed by atoms with Gasteiger partial charge < -0.3 is 4.74 Å². The molecular weight excluding hydrogens is 330 g/mol. The van der Waals surface area contributed by atoms with E-state index in [-0.39, 0.29) is 34.3 Å². The van der Waals surface area contributed by atoms with Crippen LogP contribution in [0.4, 0.5) is 8.78 Å². The maximum Gasteiger partial charge on any atom is 0.143 e. The van der Waals surface area contributed by atoms with Crippen molar-refractivity contribution in [3.8, 4) is 0 Å². The van der Waals surface area contributed by atoms with E-state index < -0.39 is 11.6 Å². The quantitative estimate of drug-likeness (QED) is 0.726. The molecule has 0 N–H and O–H groups in total. The lowest BCUT2D eigenvalue weighted by molar-refractivity contribution is -0.121. The fourth-order valence-electron chi connectivity index (χ4n) is 2.54. The third-order valence-electron chi connectivity index (χ3n) is 3.62. The Kier molecular flexibility index (Phi) is 5.27. The second kappa shape index (κ2) is 6.76. The molecule has 1 saturated carbocycles. The number of carbonyl (C=O) groups excluding carboxylic acids is 1. The molecule has 0 aromatic heterocycles. The van der Waals surface area contributed by atoms with Gasteiger partial charge in [0.15, 0.2) is 0 Å². The first-order valence-corrected chi connectivity index (χ1v) is 7.56. The molecule has 0 unspecified atom stereocenters. The number of ketones is 1. The van der Waals surface area contributed by atoms with E-state index >= 15 is 0 Å². The first kappa shape index (κ1) is 15.6. The van der Waals surface area contributed by atoms with E-state index in [1.54, 1.807) is 0 Å². The maximum absolute atomic E-state index is 13.8. The summed E-state index contributed by atoms with van der Waals surface area (Å²) < 4.78 is 32.9. The number of hydrogen-bond acceptors (Lipinski definition) is 2. The lowest BCUT2D eigenvalue weighted by atomic mass is 9.78. The summed E-state index contributed by atoms with van der Waals surface area (Å²) in [4.78, 5) is 11.9. The molecule has 1 aliphatic carbocycles. The van der Waals surface area contributed by atoms with Crippen LogP contribution >= 0.6 is 15.9 Å². The Hall–Kier alpha value is -0.810. The molecule has 1 aromatic carbocycles. The zero-order valence-corrected chi connectivity index (χ0v) is 12.9. The summed E-state index contributed by atoms with van der Waals surface area (Å²) in [6.07, 6.45) is 2.16. The van der Waals surface area contributed by atoms with E-state index in [0.717, 1.165) is 12.8 Å². The van der Waals surface area contributed by atoms with Crippen LogP contribution in [0.1, 0.15) is 31.7 Å². The second-order valence-electron chi connectivity index (χ2n) is 5.16. The van der Waals surface area contributed by atoms with Crippen molar-refractivity contribution >= 4 is 21.7 Å². The van der Waals surface area contributed by atoms with Crippen LogP contribution in [0.2, 0.25) is 0 Å². The number of benzene rings is 1. The van der Waals surface area contributed by atoms with Gasteiger partial charge in [0.25, 0.3) is 0 Å². The number of halogens is 3. The highest BCUT2D eigenvalue weighted by Crippen LogP contribution is 2.33. The molecule has 20 heavy (non-hydrogen) atoms. The molecule has 0 spiro atoms. The monoisotopic (exact) mass is 346 g/mol. The number of rotatable bonds is 6. The van der Waals surface area contributed by atoms with Crippen molar-refractivity contribution in [1.29, 1.82) is 0 Å². The Morgan fingerprint density at radius 3 is 2.75 bits per heavy atom. The third-order valence-corrected chi connectivity index (χ3v) is 4.24. The molecule has 1 aromatic rings. The second-order valence-corrected chi connectivity index (χ2v) is 6.01.